The van der Waals surface area contributed by atoms with Gasteiger partial charge >= 0.3 is 6.03 Å². The molecule has 5 nitrogen and oxygen atoms in total. The van der Waals surface area contributed by atoms with Gasteiger partial charge in [0.05, 0.1) is 6.26 Å². The topological polar surface area (TPSA) is 75.3 Å². The van der Waals surface area contributed by atoms with E-state index in [1.54, 1.807) is 16.9 Å². The lowest BCUT2D eigenvalue weighted by Gasteiger charge is -2.07. The van der Waals surface area contributed by atoms with Crippen LogP contribution in [-0.4, -0.2) is 25.7 Å². The Kier molecular flexibility index (Phi) is 4.19. The van der Waals surface area contributed by atoms with Crippen molar-refractivity contribution in [3.05, 3.63) is 35.4 Å². The Morgan fingerprint density at radius 1 is 1.24 bits per heavy atom. The zero-order valence-corrected chi connectivity index (χ0v) is 11.0. The van der Waals surface area contributed by atoms with Gasteiger partial charge in [0, 0.05) is 5.56 Å². The van der Waals surface area contributed by atoms with Crippen LogP contribution in [0.4, 0.5) is 4.79 Å². The summed E-state index contributed by atoms with van der Waals surface area (Å²) >= 11 is 4.96. The number of nitrogens with one attached hydrogen (secondary N) is 2. The first kappa shape index (κ1) is 13.6. The van der Waals surface area contributed by atoms with E-state index in [0.717, 1.165) is 11.8 Å². The number of aryl methyl sites for hydroxylation is 1. The van der Waals surface area contributed by atoms with Gasteiger partial charge < -0.3 is 0 Å². The summed E-state index contributed by atoms with van der Waals surface area (Å²) < 4.78 is 23.3. The average molecular weight is 272 g/mol. The van der Waals surface area contributed by atoms with Crippen LogP contribution >= 0.6 is 12.2 Å². The van der Waals surface area contributed by atoms with E-state index >= 15 is 0 Å². The Morgan fingerprint density at radius 2 is 1.76 bits per heavy atom. The third-order valence-corrected chi connectivity index (χ3v) is 2.71. The highest BCUT2D eigenvalue weighted by Crippen LogP contribution is 2.03. The number of thiocarbonyl (C=S) groups is 1. The van der Waals surface area contributed by atoms with Gasteiger partial charge in [0.1, 0.15) is 4.99 Å². The molecule has 0 unspecified atom stereocenters. The SMILES string of the molecule is Cc1ccc(C(=S)NC(=O)NS(C)(=O)=O)cc1. The van der Waals surface area contributed by atoms with Gasteiger partial charge in [0.2, 0.25) is 10.0 Å². The second kappa shape index (κ2) is 5.24. The van der Waals surface area contributed by atoms with E-state index in [4.69, 9.17) is 12.2 Å². The largest absolute Gasteiger partial charge is 0.333 e. The summed E-state index contributed by atoms with van der Waals surface area (Å²) in [5, 5.41) is 2.27. The van der Waals surface area contributed by atoms with Crippen LogP contribution in [0.15, 0.2) is 24.3 Å². The van der Waals surface area contributed by atoms with Gasteiger partial charge in [-0.1, -0.05) is 42.0 Å². The fraction of sp³-hybridized carbons (Fsp3) is 0.200. The van der Waals surface area contributed by atoms with Crippen molar-refractivity contribution in [1.82, 2.24) is 10.0 Å². The lowest BCUT2D eigenvalue weighted by Crippen LogP contribution is -2.41. The van der Waals surface area contributed by atoms with Crippen molar-refractivity contribution in [2.75, 3.05) is 6.26 Å². The van der Waals surface area contributed by atoms with Gasteiger partial charge in [0.15, 0.2) is 0 Å². The molecule has 0 spiro atoms. The maximum Gasteiger partial charge on any atom is 0.333 e. The molecular weight excluding hydrogens is 260 g/mol. The normalized spacial score (nSPS) is 10.7. The molecule has 17 heavy (non-hydrogen) atoms. The molecule has 2 N–H and O–H groups in total. The molecule has 0 aliphatic rings. The Balaban J connectivity index is 2.67. The van der Waals surface area contributed by atoms with E-state index in [2.05, 4.69) is 5.32 Å². The summed E-state index contributed by atoms with van der Waals surface area (Å²) in [5.74, 6) is 0. The van der Waals surface area contributed by atoms with Crippen LogP contribution in [0.3, 0.4) is 0 Å². The molecule has 2 amide bonds. The Morgan fingerprint density at radius 3 is 2.24 bits per heavy atom. The quantitative estimate of drug-likeness (QED) is 0.785. The molecule has 0 aliphatic carbocycles. The van der Waals surface area contributed by atoms with E-state index in [0.29, 0.717) is 5.56 Å². The van der Waals surface area contributed by atoms with E-state index in [1.165, 1.54) is 0 Å². The average Bonchev–Trinajstić information content (AvgIpc) is 2.15. The van der Waals surface area contributed by atoms with Crippen molar-refractivity contribution < 1.29 is 13.2 Å². The molecule has 1 aromatic carbocycles. The van der Waals surface area contributed by atoms with Crippen LogP contribution in [0, 0.1) is 6.92 Å². The highest BCUT2D eigenvalue weighted by atomic mass is 32.2. The molecule has 0 heterocycles. The third kappa shape index (κ3) is 4.92. The number of amides is 2. The lowest BCUT2D eigenvalue weighted by molar-refractivity contribution is 0.250. The molecule has 0 radical (unpaired) electrons. The van der Waals surface area contributed by atoms with Gasteiger partial charge in [0.25, 0.3) is 0 Å². The van der Waals surface area contributed by atoms with Crippen molar-refractivity contribution in [2.45, 2.75) is 6.92 Å². The first-order valence-corrected chi connectivity index (χ1v) is 6.97. The second-order valence-electron chi connectivity index (χ2n) is 3.52. The summed E-state index contributed by atoms with van der Waals surface area (Å²) in [4.78, 5) is 11.4. The molecule has 92 valence electrons. The fourth-order valence-electron chi connectivity index (χ4n) is 1.07. The van der Waals surface area contributed by atoms with Gasteiger partial charge in [-0.15, -0.1) is 0 Å². The first-order valence-electron chi connectivity index (χ1n) is 4.68. The second-order valence-corrected chi connectivity index (χ2v) is 5.68. The first-order chi connectivity index (χ1) is 7.78. The highest BCUT2D eigenvalue weighted by Gasteiger charge is 2.10. The van der Waals surface area contributed by atoms with E-state index in [-0.39, 0.29) is 4.99 Å². The third-order valence-electron chi connectivity index (χ3n) is 1.82. The van der Waals surface area contributed by atoms with Gasteiger partial charge in [-0.25, -0.2) is 17.9 Å². The van der Waals surface area contributed by atoms with Crippen LogP contribution in [0.1, 0.15) is 11.1 Å². The predicted molar refractivity (Wildman–Crippen MR) is 69.4 cm³/mol. The van der Waals surface area contributed by atoms with Crippen LogP contribution in [0.25, 0.3) is 0 Å². The zero-order chi connectivity index (χ0) is 13.1. The number of benzene rings is 1. The number of carbonyl (C=O) groups is 1. The number of carbonyl (C=O) groups excluding carboxylic acids is 1. The van der Waals surface area contributed by atoms with E-state index < -0.39 is 16.1 Å². The lowest BCUT2D eigenvalue weighted by atomic mass is 10.1. The minimum Gasteiger partial charge on any atom is -0.297 e. The number of hydrogen-bond donors (Lipinski definition) is 2. The van der Waals surface area contributed by atoms with Crippen molar-refractivity contribution in [3.8, 4) is 0 Å². The number of rotatable bonds is 2. The molecule has 0 bridgehead atoms. The Bertz CT molecular complexity index is 535. The summed E-state index contributed by atoms with van der Waals surface area (Å²) in [5.41, 5.74) is 1.71. The maximum absolute atomic E-state index is 11.2. The smallest absolute Gasteiger partial charge is 0.297 e. The summed E-state index contributed by atoms with van der Waals surface area (Å²) in [6.07, 6.45) is 0.890. The van der Waals surface area contributed by atoms with E-state index in [9.17, 15) is 13.2 Å². The summed E-state index contributed by atoms with van der Waals surface area (Å²) in [7, 11) is -3.58. The van der Waals surface area contributed by atoms with Crippen LogP contribution in [0.2, 0.25) is 0 Å². The molecule has 7 heteroatoms. The maximum atomic E-state index is 11.2. The van der Waals surface area contributed by atoms with Crippen molar-refractivity contribution in [1.29, 1.82) is 0 Å². The Hall–Kier alpha value is -1.47. The number of sulfonamides is 1. The molecule has 0 fully saturated rings. The van der Waals surface area contributed by atoms with E-state index in [1.807, 2.05) is 19.1 Å². The molecule has 0 saturated carbocycles. The molecule has 0 atom stereocenters. The van der Waals surface area contributed by atoms with Crippen LogP contribution < -0.4 is 10.0 Å². The number of hydrogen-bond acceptors (Lipinski definition) is 4. The standard InChI is InChI=1S/C10H12N2O3S2/c1-7-3-5-8(6-4-7)9(16)11-10(13)12-17(2,14)15/h3-6H,1-2H3,(H2,11,12,13,16). The Labute approximate surface area is 105 Å². The summed E-state index contributed by atoms with van der Waals surface area (Å²) in [6.45, 7) is 1.93. The minimum absolute atomic E-state index is 0.172. The predicted octanol–water partition coefficient (Wildman–Crippen LogP) is 0.929. The molecule has 1 rings (SSSR count). The van der Waals surface area contributed by atoms with Crippen molar-refractivity contribution in [2.24, 2.45) is 0 Å². The molecule has 0 saturated heterocycles. The minimum atomic E-state index is -3.58. The van der Waals surface area contributed by atoms with Gasteiger partial charge in [-0.05, 0) is 6.92 Å². The monoisotopic (exact) mass is 272 g/mol. The number of urea groups is 1. The molecular formula is C10H12N2O3S2. The molecule has 0 aliphatic heterocycles. The van der Waals surface area contributed by atoms with Crippen LogP contribution in [-0.2, 0) is 10.0 Å². The van der Waals surface area contributed by atoms with Gasteiger partial charge in [-0.2, -0.15) is 0 Å². The fourth-order valence-corrected chi connectivity index (χ4v) is 1.69. The molecule has 0 aromatic heterocycles. The highest BCUT2D eigenvalue weighted by molar-refractivity contribution is 7.89. The molecule has 1 aromatic rings. The van der Waals surface area contributed by atoms with Crippen LogP contribution in [0.5, 0.6) is 0 Å². The summed E-state index contributed by atoms with van der Waals surface area (Å²) in [6, 6.07) is 6.32. The zero-order valence-electron chi connectivity index (χ0n) is 9.35. The van der Waals surface area contributed by atoms with Crippen molar-refractivity contribution in [3.63, 3.8) is 0 Å². The van der Waals surface area contributed by atoms with Crippen molar-refractivity contribution >= 4 is 33.3 Å². The van der Waals surface area contributed by atoms with Gasteiger partial charge in [-0.3, -0.25) is 5.32 Å².